The van der Waals surface area contributed by atoms with Crippen LogP contribution in [0.25, 0.3) is 0 Å². The van der Waals surface area contributed by atoms with Crippen LogP contribution in [0.4, 0.5) is 0 Å². The Labute approximate surface area is 108 Å². The van der Waals surface area contributed by atoms with Crippen molar-refractivity contribution in [2.45, 2.75) is 25.4 Å². The third-order valence-electron chi connectivity index (χ3n) is 3.57. The standard InChI is InChI=1S/C11H22N2O2S2/c1-10-9-17(14,15)7-5-13(10)4-2-11-8-16-6-3-12-11/h10-12H,2-9H2,1H3. The minimum Gasteiger partial charge on any atom is -0.312 e. The van der Waals surface area contributed by atoms with Crippen molar-refractivity contribution in [3.63, 3.8) is 0 Å². The summed E-state index contributed by atoms with van der Waals surface area (Å²) >= 11 is 2.01. The molecule has 1 N–H and O–H groups in total. The van der Waals surface area contributed by atoms with Crippen LogP contribution in [0, 0.1) is 0 Å². The topological polar surface area (TPSA) is 49.4 Å². The zero-order valence-electron chi connectivity index (χ0n) is 10.4. The highest BCUT2D eigenvalue weighted by Gasteiger charge is 2.28. The molecule has 4 nitrogen and oxygen atoms in total. The lowest BCUT2D eigenvalue weighted by molar-refractivity contribution is 0.216. The van der Waals surface area contributed by atoms with Crippen molar-refractivity contribution in [2.24, 2.45) is 0 Å². The number of sulfone groups is 1. The second-order valence-electron chi connectivity index (χ2n) is 5.01. The Hall–Kier alpha value is 0.220. The van der Waals surface area contributed by atoms with E-state index in [-0.39, 0.29) is 6.04 Å². The smallest absolute Gasteiger partial charge is 0.153 e. The Morgan fingerprint density at radius 2 is 2.29 bits per heavy atom. The van der Waals surface area contributed by atoms with Crippen molar-refractivity contribution in [2.75, 3.05) is 42.6 Å². The van der Waals surface area contributed by atoms with Gasteiger partial charge >= 0.3 is 0 Å². The minimum atomic E-state index is -2.77. The van der Waals surface area contributed by atoms with Crippen molar-refractivity contribution in [3.05, 3.63) is 0 Å². The van der Waals surface area contributed by atoms with E-state index in [0.717, 1.165) is 19.5 Å². The fourth-order valence-corrected chi connectivity index (χ4v) is 5.11. The third kappa shape index (κ3) is 4.12. The monoisotopic (exact) mass is 278 g/mol. The Morgan fingerprint density at radius 1 is 1.47 bits per heavy atom. The van der Waals surface area contributed by atoms with Gasteiger partial charge in [0, 0.05) is 36.7 Å². The van der Waals surface area contributed by atoms with Gasteiger partial charge in [-0.3, -0.25) is 4.90 Å². The summed E-state index contributed by atoms with van der Waals surface area (Å²) in [5.41, 5.74) is 0. The Balaban J connectivity index is 1.75. The lowest BCUT2D eigenvalue weighted by Gasteiger charge is -2.34. The van der Waals surface area contributed by atoms with Crippen LogP contribution in [0.1, 0.15) is 13.3 Å². The molecule has 2 aliphatic rings. The second-order valence-corrected chi connectivity index (χ2v) is 8.39. The average molecular weight is 278 g/mol. The van der Waals surface area contributed by atoms with Crippen LogP contribution in [0.15, 0.2) is 0 Å². The van der Waals surface area contributed by atoms with E-state index in [1.165, 1.54) is 11.5 Å². The number of hydrogen-bond acceptors (Lipinski definition) is 5. The van der Waals surface area contributed by atoms with Gasteiger partial charge in [-0.15, -0.1) is 0 Å². The summed E-state index contributed by atoms with van der Waals surface area (Å²) in [6, 6.07) is 0.796. The Morgan fingerprint density at radius 3 is 2.94 bits per heavy atom. The fraction of sp³-hybridized carbons (Fsp3) is 1.00. The van der Waals surface area contributed by atoms with E-state index in [4.69, 9.17) is 0 Å². The molecule has 2 heterocycles. The summed E-state index contributed by atoms with van der Waals surface area (Å²) in [6.45, 7) is 4.87. The van der Waals surface area contributed by atoms with Crippen molar-refractivity contribution < 1.29 is 8.42 Å². The summed E-state index contributed by atoms with van der Waals surface area (Å²) < 4.78 is 22.9. The van der Waals surface area contributed by atoms with Crippen LogP contribution in [-0.2, 0) is 9.84 Å². The van der Waals surface area contributed by atoms with Gasteiger partial charge in [-0.05, 0) is 19.9 Å². The Bertz CT molecular complexity index is 339. The molecular formula is C11H22N2O2S2. The van der Waals surface area contributed by atoms with E-state index in [9.17, 15) is 8.42 Å². The molecule has 0 bridgehead atoms. The molecule has 0 aliphatic carbocycles. The molecule has 0 amide bonds. The predicted octanol–water partition coefficient (Wildman–Crippen LogP) is 0.200. The van der Waals surface area contributed by atoms with E-state index >= 15 is 0 Å². The highest BCUT2D eigenvalue weighted by atomic mass is 32.2. The van der Waals surface area contributed by atoms with E-state index < -0.39 is 9.84 Å². The highest BCUT2D eigenvalue weighted by molar-refractivity contribution is 7.99. The van der Waals surface area contributed by atoms with Crippen LogP contribution in [0.3, 0.4) is 0 Å². The molecule has 0 aromatic heterocycles. The fourth-order valence-electron chi connectivity index (χ4n) is 2.49. The van der Waals surface area contributed by atoms with Crippen molar-refractivity contribution >= 4 is 21.6 Å². The lowest BCUT2D eigenvalue weighted by atomic mass is 10.2. The molecule has 2 saturated heterocycles. The summed E-state index contributed by atoms with van der Waals surface area (Å²) in [5, 5.41) is 3.52. The summed E-state index contributed by atoms with van der Waals surface area (Å²) in [5.74, 6) is 3.08. The van der Waals surface area contributed by atoms with Crippen molar-refractivity contribution in [1.29, 1.82) is 0 Å². The molecular weight excluding hydrogens is 256 g/mol. The first-order chi connectivity index (χ1) is 8.07. The second kappa shape index (κ2) is 5.91. The van der Waals surface area contributed by atoms with Gasteiger partial charge in [0.05, 0.1) is 11.5 Å². The van der Waals surface area contributed by atoms with E-state index in [0.29, 0.717) is 24.1 Å². The van der Waals surface area contributed by atoms with Crippen molar-refractivity contribution in [1.82, 2.24) is 10.2 Å². The largest absolute Gasteiger partial charge is 0.312 e. The minimum absolute atomic E-state index is 0.185. The van der Waals surface area contributed by atoms with Gasteiger partial charge < -0.3 is 5.32 Å². The molecule has 2 aliphatic heterocycles. The number of nitrogens with one attached hydrogen (secondary N) is 1. The maximum absolute atomic E-state index is 11.5. The molecule has 2 unspecified atom stereocenters. The average Bonchev–Trinajstić information content (AvgIpc) is 2.28. The van der Waals surface area contributed by atoms with Crippen LogP contribution >= 0.6 is 11.8 Å². The number of thioether (sulfide) groups is 1. The predicted molar refractivity (Wildman–Crippen MR) is 73.4 cm³/mol. The summed E-state index contributed by atoms with van der Waals surface area (Å²) in [7, 11) is -2.77. The van der Waals surface area contributed by atoms with Crippen LogP contribution in [-0.4, -0.2) is 68.0 Å². The van der Waals surface area contributed by atoms with Gasteiger partial charge in [-0.1, -0.05) is 0 Å². The van der Waals surface area contributed by atoms with Crippen LogP contribution < -0.4 is 5.32 Å². The first-order valence-corrected chi connectivity index (χ1v) is 9.30. The van der Waals surface area contributed by atoms with Crippen molar-refractivity contribution in [3.8, 4) is 0 Å². The molecule has 2 fully saturated rings. The van der Waals surface area contributed by atoms with Gasteiger partial charge in [0.15, 0.2) is 9.84 Å². The quantitative estimate of drug-likeness (QED) is 0.799. The van der Waals surface area contributed by atoms with Crippen LogP contribution in [0.5, 0.6) is 0 Å². The maximum Gasteiger partial charge on any atom is 0.153 e. The van der Waals surface area contributed by atoms with E-state index in [1.54, 1.807) is 0 Å². The zero-order chi connectivity index (χ0) is 12.3. The molecule has 0 radical (unpaired) electrons. The van der Waals surface area contributed by atoms with Gasteiger partial charge in [0.1, 0.15) is 0 Å². The molecule has 0 aromatic rings. The number of hydrogen-bond donors (Lipinski definition) is 1. The first kappa shape index (κ1) is 13.6. The van der Waals surface area contributed by atoms with Gasteiger partial charge in [0.2, 0.25) is 0 Å². The molecule has 0 saturated carbocycles. The molecule has 2 rings (SSSR count). The molecule has 0 aromatic carbocycles. The molecule has 0 spiro atoms. The number of rotatable bonds is 3. The normalized spacial score (nSPS) is 34.6. The van der Waals surface area contributed by atoms with Gasteiger partial charge in [-0.2, -0.15) is 11.8 Å². The van der Waals surface area contributed by atoms with Gasteiger partial charge in [0.25, 0.3) is 0 Å². The highest BCUT2D eigenvalue weighted by Crippen LogP contribution is 2.15. The van der Waals surface area contributed by atoms with Crippen LogP contribution in [0.2, 0.25) is 0 Å². The molecule has 2 atom stereocenters. The number of nitrogens with zero attached hydrogens (tertiary/aromatic N) is 1. The molecule has 100 valence electrons. The SMILES string of the molecule is CC1CS(=O)(=O)CCN1CCC1CSCCN1. The first-order valence-electron chi connectivity index (χ1n) is 6.32. The lowest BCUT2D eigenvalue weighted by Crippen LogP contribution is -2.49. The summed E-state index contributed by atoms with van der Waals surface area (Å²) in [4.78, 5) is 2.32. The third-order valence-corrected chi connectivity index (χ3v) is 6.50. The van der Waals surface area contributed by atoms with E-state index in [1.807, 2.05) is 18.7 Å². The summed E-state index contributed by atoms with van der Waals surface area (Å²) in [6.07, 6.45) is 1.14. The Kier molecular flexibility index (Phi) is 4.74. The maximum atomic E-state index is 11.5. The van der Waals surface area contributed by atoms with Gasteiger partial charge in [-0.25, -0.2) is 8.42 Å². The zero-order valence-corrected chi connectivity index (χ0v) is 12.0. The molecule has 6 heteroatoms. The molecule has 17 heavy (non-hydrogen) atoms. The van der Waals surface area contributed by atoms with E-state index in [2.05, 4.69) is 10.2 Å².